The summed E-state index contributed by atoms with van der Waals surface area (Å²) in [5.41, 5.74) is -0.573. The molecule has 0 heterocycles. The molecule has 7 heteroatoms. The number of carboxylic acid groups (broad SMARTS) is 1. The van der Waals surface area contributed by atoms with Crippen molar-refractivity contribution in [2.24, 2.45) is 11.3 Å². The van der Waals surface area contributed by atoms with Crippen molar-refractivity contribution in [3.05, 3.63) is 12.2 Å². The number of hydrogen-bond donors (Lipinski definition) is 1. The van der Waals surface area contributed by atoms with Crippen molar-refractivity contribution >= 4 is 11.9 Å². The highest BCUT2D eigenvalue weighted by Crippen LogP contribution is 2.50. The Labute approximate surface area is 113 Å². The fraction of sp³-hybridized carbons (Fsp3) is 0.692. The van der Waals surface area contributed by atoms with Crippen molar-refractivity contribution in [2.45, 2.75) is 44.4 Å². The average Bonchev–Trinajstić information content (AvgIpc) is 2.57. The largest absolute Gasteiger partial charge is 0.490 e. The predicted molar refractivity (Wildman–Crippen MR) is 61.7 cm³/mol. The van der Waals surface area contributed by atoms with E-state index in [4.69, 9.17) is 5.11 Å². The summed E-state index contributed by atoms with van der Waals surface area (Å²) in [5.74, 6) is -3.05. The zero-order valence-corrected chi connectivity index (χ0v) is 10.7. The van der Waals surface area contributed by atoms with Gasteiger partial charge in [0.2, 0.25) is 0 Å². The van der Waals surface area contributed by atoms with Gasteiger partial charge in [-0.2, -0.15) is 13.2 Å². The van der Waals surface area contributed by atoms with Crippen molar-refractivity contribution in [2.75, 3.05) is 0 Å². The molecule has 2 rings (SSSR count). The summed E-state index contributed by atoms with van der Waals surface area (Å²) in [6.07, 6.45) is -0.734. The number of rotatable bonds is 3. The molecule has 0 aromatic rings. The summed E-state index contributed by atoms with van der Waals surface area (Å²) >= 11 is 0. The molecule has 0 spiro atoms. The molecule has 112 valence electrons. The lowest BCUT2D eigenvalue weighted by Gasteiger charge is -2.29. The zero-order valence-electron chi connectivity index (χ0n) is 10.7. The van der Waals surface area contributed by atoms with Crippen LogP contribution in [-0.4, -0.2) is 29.3 Å². The highest BCUT2D eigenvalue weighted by Gasteiger charge is 2.46. The van der Waals surface area contributed by atoms with E-state index < -0.39 is 29.6 Å². The molecule has 1 N–H and O–H groups in total. The minimum Gasteiger partial charge on any atom is -0.481 e. The van der Waals surface area contributed by atoms with Gasteiger partial charge in [-0.05, 0) is 43.1 Å². The number of alkyl halides is 3. The fourth-order valence-electron chi connectivity index (χ4n) is 3.22. The molecule has 3 atom stereocenters. The van der Waals surface area contributed by atoms with E-state index in [9.17, 15) is 22.8 Å². The summed E-state index contributed by atoms with van der Waals surface area (Å²) in [5, 5.41) is 8.96. The van der Waals surface area contributed by atoms with Gasteiger partial charge in [0.1, 0.15) is 6.10 Å². The summed E-state index contributed by atoms with van der Waals surface area (Å²) < 4.78 is 41.1. The van der Waals surface area contributed by atoms with Gasteiger partial charge in [0.15, 0.2) is 0 Å². The second-order valence-electron chi connectivity index (χ2n) is 5.60. The van der Waals surface area contributed by atoms with Gasteiger partial charge in [-0.3, -0.25) is 4.79 Å². The maximum Gasteiger partial charge on any atom is 0.490 e. The highest BCUT2D eigenvalue weighted by molar-refractivity contribution is 5.76. The molecule has 0 amide bonds. The van der Waals surface area contributed by atoms with Crippen molar-refractivity contribution < 1.29 is 32.6 Å². The Morgan fingerprint density at radius 1 is 1.30 bits per heavy atom. The van der Waals surface area contributed by atoms with Crippen molar-refractivity contribution in [1.29, 1.82) is 0 Å². The molecule has 0 aromatic carbocycles. The molecule has 2 aliphatic carbocycles. The number of allylic oxidation sites excluding steroid dienone is 1. The Morgan fingerprint density at radius 2 is 2.00 bits per heavy atom. The number of aliphatic carboxylic acids is 1. The molecule has 2 bridgehead atoms. The third kappa shape index (κ3) is 3.32. The average molecular weight is 292 g/mol. The van der Waals surface area contributed by atoms with E-state index in [1.807, 2.05) is 0 Å². The molecular formula is C13H15F3O4. The first-order valence-electron chi connectivity index (χ1n) is 6.38. The van der Waals surface area contributed by atoms with Crippen LogP contribution < -0.4 is 0 Å². The van der Waals surface area contributed by atoms with Crippen LogP contribution in [0.15, 0.2) is 12.2 Å². The molecule has 20 heavy (non-hydrogen) atoms. The van der Waals surface area contributed by atoms with Gasteiger partial charge < -0.3 is 9.84 Å². The molecule has 0 radical (unpaired) electrons. The Hall–Kier alpha value is -1.53. The third-order valence-electron chi connectivity index (χ3n) is 3.99. The van der Waals surface area contributed by atoms with Gasteiger partial charge in [-0.15, -0.1) is 0 Å². The van der Waals surface area contributed by atoms with Gasteiger partial charge in [0.05, 0.1) is 6.42 Å². The Balaban J connectivity index is 2.10. The highest BCUT2D eigenvalue weighted by atomic mass is 19.4. The third-order valence-corrected chi connectivity index (χ3v) is 3.99. The summed E-state index contributed by atoms with van der Waals surface area (Å²) in [6, 6.07) is 0. The summed E-state index contributed by atoms with van der Waals surface area (Å²) in [6.45, 7) is 0. The Kier molecular flexibility index (Phi) is 3.80. The van der Waals surface area contributed by atoms with E-state index in [2.05, 4.69) is 4.74 Å². The number of carbonyl (C=O) groups excluding carboxylic acids is 1. The fourth-order valence-corrected chi connectivity index (χ4v) is 3.22. The molecule has 2 aliphatic rings. The van der Waals surface area contributed by atoms with Crippen molar-refractivity contribution in [3.8, 4) is 0 Å². The smallest absolute Gasteiger partial charge is 0.481 e. The van der Waals surface area contributed by atoms with Crippen LogP contribution in [0.3, 0.4) is 0 Å². The van der Waals surface area contributed by atoms with Gasteiger partial charge in [-0.25, -0.2) is 4.79 Å². The van der Waals surface area contributed by atoms with Crippen molar-refractivity contribution in [3.63, 3.8) is 0 Å². The molecule has 0 aromatic heterocycles. The maximum atomic E-state index is 12.2. The number of carboxylic acids is 1. The normalized spacial score (nSPS) is 32.8. The lowest BCUT2D eigenvalue weighted by Crippen LogP contribution is -2.33. The number of fused-ring (bicyclic) bond motifs is 2. The first-order valence-corrected chi connectivity index (χ1v) is 6.38. The van der Waals surface area contributed by atoms with E-state index in [-0.39, 0.29) is 18.8 Å². The first-order chi connectivity index (χ1) is 9.20. The molecule has 1 fully saturated rings. The number of halogens is 3. The van der Waals surface area contributed by atoms with Crippen LogP contribution >= 0.6 is 0 Å². The summed E-state index contributed by atoms with van der Waals surface area (Å²) in [4.78, 5) is 21.8. The van der Waals surface area contributed by atoms with E-state index in [1.165, 1.54) is 6.08 Å². The van der Waals surface area contributed by atoms with Gasteiger partial charge in [0.25, 0.3) is 0 Å². The van der Waals surface area contributed by atoms with Crippen LogP contribution in [0.2, 0.25) is 0 Å². The monoisotopic (exact) mass is 292 g/mol. The van der Waals surface area contributed by atoms with Gasteiger partial charge in [0, 0.05) is 0 Å². The van der Waals surface area contributed by atoms with E-state index >= 15 is 0 Å². The van der Waals surface area contributed by atoms with Crippen LogP contribution in [0.4, 0.5) is 13.2 Å². The topological polar surface area (TPSA) is 63.6 Å². The summed E-state index contributed by atoms with van der Waals surface area (Å²) in [7, 11) is 0. The standard InChI is InChI=1S/C13H15F3O4/c14-13(15,16)11(19)20-9-2-1-8-3-4-12(5-8,6-9)7-10(17)18/h1-2,8-9H,3-7H2,(H,17,18). The van der Waals surface area contributed by atoms with E-state index in [0.717, 1.165) is 6.42 Å². The molecule has 3 unspecified atom stereocenters. The molecule has 0 saturated heterocycles. The Morgan fingerprint density at radius 3 is 2.60 bits per heavy atom. The number of ether oxygens (including phenoxy) is 1. The second-order valence-corrected chi connectivity index (χ2v) is 5.60. The first kappa shape index (κ1) is 14.9. The molecule has 1 saturated carbocycles. The minimum absolute atomic E-state index is 0.106. The molecule has 0 aliphatic heterocycles. The van der Waals surface area contributed by atoms with E-state index in [1.54, 1.807) is 6.08 Å². The van der Waals surface area contributed by atoms with Crippen LogP contribution in [0.25, 0.3) is 0 Å². The van der Waals surface area contributed by atoms with E-state index in [0.29, 0.717) is 12.8 Å². The number of hydrogen-bond acceptors (Lipinski definition) is 3. The minimum atomic E-state index is -5.03. The quantitative estimate of drug-likeness (QED) is 0.641. The number of esters is 1. The van der Waals surface area contributed by atoms with Gasteiger partial charge in [-0.1, -0.05) is 6.08 Å². The molecule has 4 nitrogen and oxygen atoms in total. The lowest BCUT2D eigenvalue weighted by molar-refractivity contribution is -0.203. The SMILES string of the molecule is O=C(O)CC12CCC(C=CC(OC(=O)C(F)(F)F)C1)C2. The number of carbonyl (C=O) groups is 2. The maximum absolute atomic E-state index is 12.2. The van der Waals surface area contributed by atoms with Crippen LogP contribution in [0.1, 0.15) is 32.1 Å². The van der Waals surface area contributed by atoms with Crippen LogP contribution in [0, 0.1) is 11.3 Å². The lowest BCUT2D eigenvalue weighted by atomic mass is 9.78. The second kappa shape index (κ2) is 5.10. The van der Waals surface area contributed by atoms with Gasteiger partial charge >= 0.3 is 18.1 Å². The Bertz CT molecular complexity index is 443. The van der Waals surface area contributed by atoms with Crippen molar-refractivity contribution in [1.82, 2.24) is 0 Å². The predicted octanol–water partition coefficient (Wildman–Crippen LogP) is 2.68. The molecular weight excluding hydrogens is 277 g/mol. The van der Waals surface area contributed by atoms with Crippen LogP contribution in [0.5, 0.6) is 0 Å². The van der Waals surface area contributed by atoms with Crippen LogP contribution in [-0.2, 0) is 14.3 Å². The zero-order chi connectivity index (χ0) is 15.0.